The second-order valence-corrected chi connectivity index (χ2v) is 3.29. The van der Waals surface area contributed by atoms with Crippen LogP contribution in [0.2, 0.25) is 0 Å². The Kier molecular flexibility index (Phi) is 2.63. The van der Waals surface area contributed by atoms with E-state index in [0.717, 1.165) is 5.56 Å². The van der Waals surface area contributed by atoms with Crippen molar-refractivity contribution in [3.63, 3.8) is 0 Å². The van der Waals surface area contributed by atoms with Crippen LogP contribution in [0.4, 0.5) is 10.2 Å². The third-order valence-electron chi connectivity index (χ3n) is 2.09. The Morgan fingerprint density at radius 3 is 2.62 bits per heavy atom. The van der Waals surface area contributed by atoms with Gasteiger partial charge in [-0.15, -0.1) is 0 Å². The van der Waals surface area contributed by atoms with Gasteiger partial charge in [0.15, 0.2) is 0 Å². The predicted octanol–water partition coefficient (Wildman–Crippen LogP) is 1.98. The summed E-state index contributed by atoms with van der Waals surface area (Å²) < 4.78 is 14.2. The Hall–Kier alpha value is -2.24. The van der Waals surface area contributed by atoms with E-state index < -0.39 is 4.92 Å². The summed E-state index contributed by atoms with van der Waals surface area (Å²) in [6.07, 6.45) is 2.71. The molecule has 5 nitrogen and oxygen atoms in total. The molecule has 2 aromatic rings. The first-order valence-electron chi connectivity index (χ1n) is 4.56. The molecule has 0 fully saturated rings. The van der Waals surface area contributed by atoms with E-state index in [0.29, 0.717) is 6.54 Å². The van der Waals surface area contributed by atoms with E-state index >= 15 is 0 Å². The summed E-state index contributed by atoms with van der Waals surface area (Å²) in [6, 6.07) is 5.95. The van der Waals surface area contributed by atoms with Gasteiger partial charge in [0.2, 0.25) is 6.33 Å². The van der Waals surface area contributed by atoms with Crippen LogP contribution in [0.3, 0.4) is 0 Å². The summed E-state index contributed by atoms with van der Waals surface area (Å²) in [7, 11) is 0. The van der Waals surface area contributed by atoms with Crippen molar-refractivity contribution in [3.8, 4) is 0 Å². The fourth-order valence-electron chi connectivity index (χ4n) is 1.33. The lowest BCUT2D eigenvalue weighted by Gasteiger charge is -2.00. The molecule has 6 heteroatoms. The molecule has 0 radical (unpaired) electrons. The first-order valence-corrected chi connectivity index (χ1v) is 4.56. The number of hydrogen-bond acceptors (Lipinski definition) is 3. The summed E-state index contributed by atoms with van der Waals surface area (Å²) in [6.45, 7) is 0.432. The topological polar surface area (TPSA) is 61.0 Å². The third kappa shape index (κ3) is 2.22. The third-order valence-corrected chi connectivity index (χ3v) is 2.09. The molecule has 0 saturated heterocycles. The SMILES string of the molecule is O=[N+]([O-])c1cn(Cc2ccc(F)cc2)cn1. The maximum absolute atomic E-state index is 12.6. The Balaban J connectivity index is 2.14. The van der Waals surface area contributed by atoms with Crippen LogP contribution in [0.1, 0.15) is 5.56 Å². The summed E-state index contributed by atoms with van der Waals surface area (Å²) in [4.78, 5) is 13.5. The molecular weight excluding hydrogens is 213 g/mol. The van der Waals surface area contributed by atoms with Gasteiger partial charge in [-0.2, -0.15) is 0 Å². The number of hydrogen-bond donors (Lipinski definition) is 0. The van der Waals surface area contributed by atoms with E-state index in [1.165, 1.54) is 24.7 Å². The standard InChI is InChI=1S/C10H8FN3O2/c11-9-3-1-8(2-4-9)5-13-6-10(12-7-13)14(15)16/h1-4,6-7H,5H2. The van der Waals surface area contributed by atoms with E-state index in [2.05, 4.69) is 4.98 Å². The molecule has 16 heavy (non-hydrogen) atoms. The van der Waals surface area contributed by atoms with E-state index in [1.54, 1.807) is 16.7 Å². The molecule has 1 heterocycles. The smallest absolute Gasteiger partial charge is 0.358 e. The van der Waals surface area contributed by atoms with E-state index in [9.17, 15) is 14.5 Å². The lowest BCUT2D eigenvalue weighted by molar-refractivity contribution is -0.389. The lowest BCUT2D eigenvalue weighted by atomic mass is 10.2. The van der Waals surface area contributed by atoms with Crippen LogP contribution in [-0.4, -0.2) is 14.5 Å². The number of benzene rings is 1. The van der Waals surface area contributed by atoms with Gasteiger partial charge >= 0.3 is 5.82 Å². The second kappa shape index (κ2) is 4.09. The van der Waals surface area contributed by atoms with Crippen LogP contribution in [-0.2, 0) is 6.54 Å². The molecule has 0 amide bonds. The van der Waals surface area contributed by atoms with E-state index in [-0.39, 0.29) is 11.6 Å². The lowest BCUT2D eigenvalue weighted by Crippen LogP contribution is -1.96. The van der Waals surface area contributed by atoms with Crippen molar-refractivity contribution >= 4 is 5.82 Å². The van der Waals surface area contributed by atoms with Crippen molar-refractivity contribution in [2.75, 3.05) is 0 Å². The maximum Gasteiger partial charge on any atom is 0.381 e. The summed E-state index contributed by atoms with van der Waals surface area (Å²) >= 11 is 0. The monoisotopic (exact) mass is 221 g/mol. The zero-order chi connectivity index (χ0) is 11.5. The fourth-order valence-corrected chi connectivity index (χ4v) is 1.33. The van der Waals surface area contributed by atoms with Crippen LogP contribution in [0, 0.1) is 15.9 Å². The van der Waals surface area contributed by atoms with E-state index in [4.69, 9.17) is 0 Å². The molecule has 0 unspecified atom stereocenters. The molecule has 0 N–H and O–H groups in total. The van der Waals surface area contributed by atoms with Gasteiger partial charge in [-0.1, -0.05) is 12.1 Å². The van der Waals surface area contributed by atoms with Gasteiger partial charge in [0.25, 0.3) is 0 Å². The molecule has 0 atom stereocenters. The minimum Gasteiger partial charge on any atom is -0.358 e. The van der Waals surface area contributed by atoms with Gasteiger partial charge in [-0.05, 0) is 27.6 Å². The highest BCUT2D eigenvalue weighted by Gasteiger charge is 2.09. The quantitative estimate of drug-likeness (QED) is 0.588. The minimum absolute atomic E-state index is 0.192. The Labute approximate surface area is 90.3 Å². The average molecular weight is 221 g/mol. The van der Waals surface area contributed by atoms with Crippen LogP contribution >= 0.6 is 0 Å². The average Bonchev–Trinajstić information content (AvgIpc) is 2.70. The minimum atomic E-state index is -0.554. The van der Waals surface area contributed by atoms with Crippen molar-refractivity contribution < 1.29 is 9.31 Å². The first kappa shape index (κ1) is 10.3. The Morgan fingerprint density at radius 1 is 1.38 bits per heavy atom. The molecule has 82 valence electrons. The molecule has 0 bridgehead atoms. The van der Waals surface area contributed by atoms with Gasteiger partial charge in [0.05, 0.1) is 6.54 Å². The summed E-state index contributed by atoms with van der Waals surface area (Å²) in [5.41, 5.74) is 0.855. The van der Waals surface area contributed by atoms with Crippen LogP contribution in [0.5, 0.6) is 0 Å². The predicted molar refractivity (Wildman–Crippen MR) is 54.4 cm³/mol. The first-order chi connectivity index (χ1) is 7.65. The molecule has 1 aromatic heterocycles. The molecule has 0 spiro atoms. The fraction of sp³-hybridized carbons (Fsp3) is 0.100. The second-order valence-electron chi connectivity index (χ2n) is 3.29. The number of imidazole rings is 1. The van der Waals surface area contributed by atoms with Crippen LogP contribution < -0.4 is 0 Å². The zero-order valence-electron chi connectivity index (χ0n) is 8.21. The Morgan fingerprint density at radius 2 is 2.06 bits per heavy atom. The number of nitrogens with zero attached hydrogens (tertiary/aromatic N) is 3. The Bertz CT molecular complexity index is 507. The maximum atomic E-state index is 12.6. The van der Waals surface area contributed by atoms with Crippen LogP contribution in [0.15, 0.2) is 36.8 Å². The van der Waals surface area contributed by atoms with Gasteiger partial charge in [0, 0.05) is 0 Å². The number of rotatable bonds is 3. The van der Waals surface area contributed by atoms with Gasteiger partial charge in [-0.3, -0.25) is 0 Å². The highest BCUT2D eigenvalue weighted by atomic mass is 19.1. The van der Waals surface area contributed by atoms with Gasteiger partial charge < -0.3 is 14.7 Å². The van der Waals surface area contributed by atoms with Gasteiger partial charge in [-0.25, -0.2) is 4.39 Å². The molecule has 2 rings (SSSR count). The molecule has 0 saturated carbocycles. The van der Waals surface area contributed by atoms with Crippen molar-refractivity contribution in [3.05, 3.63) is 58.3 Å². The summed E-state index contributed by atoms with van der Waals surface area (Å²) in [5, 5.41) is 10.4. The van der Waals surface area contributed by atoms with Crippen molar-refractivity contribution in [2.24, 2.45) is 0 Å². The highest BCUT2D eigenvalue weighted by molar-refractivity contribution is 5.18. The zero-order valence-corrected chi connectivity index (χ0v) is 8.21. The molecule has 0 aliphatic carbocycles. The van der Waals surface area contributed by atoms with Crippen molar-refractivity contribution in [1.29, 1.82) is 0 Å². The van der Waals surface area contributed by atoms with Gasteiger partial charge in [0.1, 0.15) is 12.0 Å². The number of aromatic nitrogens is 2. The normalized spacial score (nSPS) is 10.3. The van der Waals surface area contributed by atoms with Crippen LogP contribution in [0.25, 0.3) is 0 Å². The molecular formula is C10H8FN3O2. The molecule has 0 aliphatic heterocycles. The van der Waals surface area contributed by atoms with Crippen molar-refractivity contribution in [2.45, 2.75) is 6.54 Å². The van der Waals surface area contributed by atoms with Crippen molar-refractivity contribution in [1.82, 2.24) is 9.55 Å². The molecule has 0 aliphatic rings. The highest BCUT2D eigenvalue weighted by Crippen LogP contribution is 2.09. The number of nitro groups is 1. The largest absolute Gasteiger partial charge is 0.381 e. The number of halogens is 1. The van der Waals surface area contributed by atoms with E-state index in [1.807, 2.05) is 0 Å². The molecule has 1 aromatic carbocycles. The summed E-state index contributed by atoms with van der Waals surface area (Å²) in [5.74, 6) is -0.498.